The average molecular weight is 715 g/mol. The second-order valence-electron chi connectivity index (χ2n) is 12.9. The molecule has 13 nitrogen and oxygen atoms in total. The van der Waals surface area contributed by atoms with Crippen molar-refractivity contribution in [3.05, 3.63) is 102 Å². The van der Waals surface area contributed by atoms with E-state index in [1.54, 1.807) is 52.7 Å². The fourth-order valence-electron chi connectivity index (χ4n) is 6.52. The Morgan fingerprint density at radius 1 is 0.868 bits per heavy atom. The van der Waals surface area contributed by atoms with E-state index in [1.165, 1.54) is 0 Å². The van der Waals surface area contributed by atoms with Crippen LogP contribution in [0.1, 0.15) is 29.7 Å². The number of nitrogens with zero attached hydrogens (tertiary/aromatic N) is 7. The number of ether oxygens (including phenoxy) is 4. The molecule has 13 heteroatoms. The van der Waals surface area contributed by atoms with Crippen LogP contribution in [0.2, 0.25) is 0 Å². The van der Waals surface area contributed by atoms with Crippen molar-refractivity contribution in [3.8, 4) is 34.3 Å². The first kappa shape index (κ1) is 35.1. The van der Waals surface area contributed by atoms with Crippen molar-refractivity contribution in [1.29, 1.82) is 0 Å². The van der Waals surface area contributed by atoms with E-state index >= 15 is 0 Å². The molecule has 1 saturated heterocycles. The number of hydrogen-bond acceptors (Lipinski definition) is 11. The lowest BCUT2D eigenvalue weighted by Crippen LogP contribution is -2.49. The summed E-state index contributed by atoms with van der Waals surface area (Å²) in [6, 6.07) is 17.9. The van der Waals surface area contributed by atoms with Gasteiger partial charge in [-0.15, -0.1) is 0 Å². The van der Waals surface area contributed by atoms with Gasteiger partial charge in [-0.1, -0.05) is 0 Å². The van der Waals surface area contributed by atoms with Gasteiger partial charge in [-0.25, -0.2) is 9.97 Å². The van der Waals surface area contributed by atoms with Crippen molar-refractivity contribution >= 4 is 34.0 Å². The molecule has 272 valence electrons. The number of nitrogens with one attached hydrogen (secondary N) is 1. The first-order valence-corrected chi connectivity index (χ1v) is 17.2. The van der Waals surface area contributed by atoms with Crippen molar-refractivity contribution in [3.63, 3.8) is 0 Å². The Labute approximate surface area is 308 Å². The molecule has 1 N–H and O–H groups in total. The molecule has 7 rings (SSSR count). The zero-order valence-corrected chi connectivity index (χ0v) is 30.7. The zero-order chi connectivity index (χ0) is 37.1. The van der Waals surface area contributed by atoms with Gasteiger partial charge < -0.3 is 34.1 Å². The summed E-state index contributed by atoms with van der Waals surface area (Å²) in [5.74, 6) is 4.25. The number of hydrogen-bond donors (Lipinski definition) is 1. The second kappa shape index (κ2) is 15.1. The summed E-state index contributed by atoms with van der Waals surface area (Å²) in [6.07, 6.45) is 9.20. The van der Waals surface area contributed by atoms with Gasteiger partial charge in [0.2, 0.25) is 5.91 Å². The summed E-state index contributed by atoms with van der Waals surface area (Å²) >= 11 is 0. The van der Waals surface area contributed by atoms with Gasteiger partial charge in [0.25, 0.3) is 0 Å². The summed E-state index contributed by atoms with van der Waals surface area (Å²) in [6.45, 7) is 5.84. The molecule has 6 aromatic rings. The van der Waals surface area contributed by atoms with E-state index in [9.17, 15) is 4.79 Å². The topological polar surface area (TPSA) is 129 Å². The number of amides is 1. The number of rotatable bonds is 13. The van der Waals surface area contributed by atoms with Gasteiger partial charge in [0.05, 0.1) is 52.1 Å². The minimum atomic E-state index is 0.0756. The van der Waals surface area contributed by atoms with Gasteiger partial charge in [-0.2, -0.15) is 5.10 Å². The van der Waals surface area contributed by atoms with Crippen molar-refractivity contribution in [2.45, 2.75) is 33.0 Å². The van der Waals surface area contributed by atoms with Crippen LogP contribution in [0.15, 0.2) is 85.6 Å². The lowest BCUT2D eigenvalue weighted by Gasteiger charge is -2.38. The molecule has 1 fully saturated rings. The van der Waals surface area contributed by atoms with Crippen molar-refractivity contribution in [1.82, 2.24) is 29.6 Å². The Morgan fingerprint density at radius 3 is 2.15 bits per heavy atom. The number of benzene rings is 2. The predicted molar refractivity (Wildman–Crippen MR) is 203 cm³/mol. The number of pyridine rings is 3. The molecule has 0 unspecified atom stereocenters. The number of carbonyl (C=O) groups excluding carboxylic acids is 1. The van der Waals surface area contributed by atoms with Crippen LogP contribution >= 0.6 is 0 Å². The smallest absolute Gasteiger partial charge is 0.219 e. The number of methoxy groups -OCH3 is 4. The first-order valence-electron chi connectivity index (χ1n) is 17.2. The van der Waals surface area contributed by atoms with Crippen LogP contribution in [0, 0.1) is 6.92 Å². The van der Waals surface area contributed by atoms with Crippen LogP contribution in [0.3, 0.4) is 0 Å². The maximum absolute atomic E-state index is 11.7. The molecular formula is C40H42N8O5. The molecule has 1 aliphatic heterocycles. The second-order valence-corrected chi connectivity index (χ2v) is 12.9. The van der Waals surface area contributed by atoms with E-state index in [2.05, 4.69) is 33.3 Å². The number of carbonyl (C=O) groups is 1. The van der Waals surface area contributed by atoms with Crippen LogP contribution in [0.25, 0.3) is 22.0 Å². The lowest BCUT2D eigenvalue weighted by molar-refractivity contribution is -0.134. The highest BCUT2D eigenvalue weighted by Crippen LogP contribution is 2.37. The highest BCUT2D eigenvalue weighted by molar-refractivity contribution is 5.96. The van der Waals surface area contributed by atoms with Gasteiger partial charge >= 0.3 is 0 Å². The number of fused-ring (bicyclic) bond motifs is 1. The van der Waals surface area contributed by atoms with Gasteiger partial charge in [-0.3, -0.25) is 14.5 Å². The summed E-state index contributed by atoms with van der Waals surface area (Å²) in [4.78, 5) is 30.3. The minimum Gasteiger partial charge on any atom is -0.497 e. The van der Waals surface area contributed by atoms with E-state index in [-0.39, 0.29) is 11.9 Å². The monoisotopic (exact) mass is 714 g/mol. The number of aryl methyl sites for hydroxylation is 1. The van der Waals surface area contributed by atoms with E-state index in [0.717, 1.165) is 50.2 Å². The molecule has 0 aliphatic carbocycles. The maximum atomic E-state index is 11.7. The normalized spacial score (nSPS) is 12.7. The van der Waals surface area contributed by atoms with Crippen LogP contribution in [0.5, 0.6) is 23.0 Å². The van der Waals surface area contributed by atoms with Crippen molar-refractivity contribution < 1.29 is 23.7 Å². The van der Waals surface area contributed by atoms with Crippen LogP contribution < -0.4 is 29.2 Å². The molecule has 0 bridgehead atoms. The first-order chi connectivity index (χ1) is 25.8. The van der Waals surface area contributed by atoms with Crippen molar-refractivity contribution in [2.24, 2.45) is 0 Å². The molecule has 0 saturated carbocycles. The Kier molecular flexibility index (Phi) is 9.97. The Hall–Kier alpha value is -6.37. The summed E-state index contributed by atoms with van der Waals surface area (Å²) in [5.41, 5.74) is 5.44. The molecule has 0 spiro atoms. The number of anilines is 3. The Bertz CT molecular complexity index is 2210. The number of aromatic nitrogens is 5. The summed E-state index contributed by atoms with van der Waals surface area (Å²) in [7, 11) is 6.59. The summed E-state index contributed by atoms with van der Waals surface area (Å²) in [5, 5.41) is 9.77. The standard InChI is InChI=1S/C40H42N8O5/c1-25-11-12-41-18-34(25)36-13-29-14-39(44-30-17-43-48(22-30)31-23-46(24-31)26(2)49)42-19-35(29)40(45-36)47(20-27-7-9-32(50-3)15-37(27)52-5)21-28-8-10-33(51-4)16-38(28)53-6/h7-19,22,31H,20-21,23-24H2,1-6H3,(H,42,44). The molecule has 1 amide bonds. The highest BCUT2D eigenvalue weighted by atomic mass is 16.5. The largest absolute Gasteiger partial charge is 0.497 e. The lowest BCUT2D eigenvalue weighted by atomic mass is 10.0. The van der Waals surface area contributed by atoms with Crippen LogP contribution in [-0.2, 0) is 17.9 Å². The van der Waals surface area contributed by atoms with E-state index < -0.39 is 0 Å². The molecule has 53 heavy (non-hydrogen) atoms. The molecular weight excluding hydrogens is 672 g/mol. The van der Waals surface area contributed by atoms with Gasteiger partial charge in [0.15, 0.2) is 0 Å². The molecule has 5 heterocycles. The van der Waals surface area contributed by atoms with Gasteiger partial charge in [-0.05, 0) is 60.3 Å². The average Bonchev–Trinajstić information content (AvgIpc) is 3.61. The minimum absolute atomic E-state index is 0.0756. The Morgan fingerprint density at radius 2 is 1.55 bits per heavy atom. The van der Waals surface area contributed by atoms with Gasteiger partial charge in [0, 0.05) is 92.1 Å². The highest BCUT2D eigenvalue weighted by Gasteiger charge is 2.30. The Balaban J connectivity index is 1.32. The fourth-order valence-corrected chi connectivity index (χ4v) is 6.52. The SMILES string of the molecule is COc1ccc(CN(Cc2ccc(OC)cc2OC)c2nc(-c3cnccc3C)cc3cc(Nc4cnn(C5CN(C(C)=O)C5)c4)ncc23)c(OC)c1. The van der Waals surface area contributed by atoms with E-state index in [0.29, 0.717) is 55.0 Å². The molecule has 0 atom stereocenters. The number of likely N-dealkylation sites (tertiary alicyclic amines) is 1. The molecule has 4 aromatic heterocycles. The van der Waals surface area contributed by atoms with Gasteiger partial charge in [0.1, 0.15) is 34.6 Å². The molecule has 2 aromatic carbocycles. The summed E-state index contributed by atoms with van der Waals surface area (Å²) < 4.78 is 24.6. The van der Waals surface area contributed by atoms with Crippen LogP contribution in [-0.4, -0.2) is 77.1 Å². The zero-order valence-electron chi connectivity index (χ0n) is 30.7. The molecule has 0 radical (unpaired) electrons. The third-order valence-corrected chi connectivity index (χ3v) is 9.58. The third-order valence-electron chi connectivity index (χ3n) is 9.58. The quantitative estimate of drug-likeness (QED) is 0.139. The third kappa shape index (κ3) is 7.36. The molecule has 1 aliphatic rings. The fraction of sp³-hybridized carbons (Fsp3) is 0.275. The maximum Gasteiger partial charge on any atom is 0.219 e. The van der Waals surface area contributed by atoms with E-state index in [1.807, 2.05) is 71.8 Å². The van der Waals surface area contributed by atoms with E-state index in [4.69, 9.17) is 28.9 Å². The van der Waals surface area contributed by atoms with Crippen LogP contribution in [0.4, 0.5) is 17.3 Å². The van der Waals surface area contributed by atoms with Crippen molar-refractivity contribution in [2.75, 3.05) is 51.7 Å². The predicted octanol–water partition coefficient (Wildman–Crippen LogP) is 6.58.